The monoisotopic (exact) mass is 281 g/mol. The van der Waals surface area contributed by atoms with Crippen LogP contribution in [-0.4, -0.2) is 12.5 Å². The lowest BCUT2D eigenvalue weighted by Gasteiger charge is -2.13. The van der Waals surface area contributed by atoms with Gasteiger partial charge in [-0.1, -0.05) is 63.2 Å². The Hall–Kier alpha value is -2.09. The maximum Gasteiger partial charge on any atom is 0.251 e. The van der Waals surface area contributed by atoms with Gasteiger partial charge < -0.3 is 5.32 Å². The average molecular weight is 281 g/mol. The van der Waals surface area contributed by atoms with Gasteiger partial charge in [0.15, 0.2) is 0 Å². The maximum atomic E-state index is 12.2. The van der Waals surface area contributed by atoms with Crippen LogP contribution in [0.25, 0.3) is 0 Å². The molecule has 2 rings (SSSR count). The first kappa shape index (κ1) is 15.3. The van der Waals surface area contributed by atoms with Crippen LogP contribution in [0.2, 0.25) is 0 Å². The van der Waals surface area contributed by atoms with Crippen LogP contribution in [0.3, 0.4) is 0 Å². The molecule has 21 heavy (non-hydrogen) atoms. The summed E-state index contributed by atoms with van der Waals surface area (Å²) < 4.78 is 0. The zero-order valence-electron chi connectivity index (χ0n) is 13.0. The van der Waals surface area contributed by atoms with Crippen molar-refractivity contribution in [3.63, 3.8) is 0 Å². The van der Waals surface area contributed by atoms with Gasteiger partial charge >= 0.3 is 0 Å². The third kappa shape index (κ3) is 4.19. The molecule has 0 aromatic heterocycles. The molecule has 0 radical (unpaired) electrons. The standard InChI is InChI=1S/C19H23NO/c1-14(2)16-9-11-18(12-10-16)19(21)20-13-15(3)17-7-5-4-6-8-17/h4-12,14-15H,13H2,1-3H3,(H,20,21). The number of hydrogen-bond donors (Lipinski definition) is 1. The minimum absolute atomic E-state index is 0.00640. The Morgan fingerprint density at radius 1 is 0.905 bits per heavy atom. The Morgan fingerprint density at radius 3 is 2.10 bits per heavy atom. The smallest absolute Gasteiger partial charge is 0.251 e. The molecule has 0 aliphatic heterocycles. The highest BCUT2D eigenvalue weighted by Crippen LogP contribution is 2.16. The summed E-state index contributed by atoms with van der Waals surface area (Å²) >= 11 is 0. The van der Waals surface area contributed by atoms with E-state index in [9.17, 15) is 4.79 Å². The molecule has 2 aromatic rings. The van der Waals surface area contributed by atoms with Gasteiger partial charge in [-0.05, 0) is 35.1 Å². The molecule has 0 aliphatic carbocycles. The molecule has 0 saturated carbocycles. The lowest BCUT2D eigenvalue weighted by molar-refractivity contribution is 0.0951. The van der Waals surface area contributed by atoms with Crippen LogP contribution in [0.1, 0.15) is 54.1 Å². The highest BCUT2D eigenvalue weighted by Gasteiger charge is 2.09. The normalized spacial score (nSPS) is 12.2. The van der Waals surface area contributed by atoms with Crippen LogP contribution < -0.4 is 5.32 Å². The summed E-state index contributed by atoms with van der Waals surface area (Å²) in [5.74, 6) is 0.790. The number of rotatable bonds is 5. The van der Waals surface area contributed by atoms with E-state index in [2.05, 4.69) is 38.2 Å². The molecule has 2 nitrogen and oxygen atoms in total. The Morgan fingerprint density at radius 2 is 1.52 bits per heavy atom. The van der Waals surface area contributed by atoms with Crippen LogP contribution in [-0.2, 0) is 0 Å². The molecule has 2 heteroatoms. The molecule has 0 aliphatic rings. The van der Waals surface area contributed by atoms with E-state index in [1.54, 1.807) is 0 Å². The first-order valence-electron chi connectivity index (χ1n) is 7.51. The van der Waals surface area contributed by atoms with E-state index in [0.29, 0.717) is 18.4 Å². The molecule has 0 spiro atoms. The Kier molecular flexibility index (Phi) is 5.15. The molecule has 2 aromatic carbocycles. The largest absolute Gasteiger partial charge is 0.351 e. The first-order chi connectivity index (χ1) is 10.1. The van der Waals surface area contributed by atoms with Crippen LogP contribution in [0.4, 0.5) is 0 Å². The maximum absolute atomic E-state index is 12.2. The van der Waals surface area contributed by atoms with E-state index in [-0.39, 0.29) is 5.91 Å². The number of carbonyl (C=O) groups is 1. The molecular formula is C19H23NO. The van der Waals surface area contributed by atoms with Crippen LogP contribution in [0.5, 0.6) is 0 Å². The third-order valence-electron chi connectivity index (χ3n) is 3.78. The van der Waals surface area contributed by atoms with Gasteiger partial charge in [0, 0.05) is 12.1 Å². The molecule has 1 N–H and O–H groups in total. The fraction of sp³-hybridized carbons (Fsp3) is 0.316. The number of benzene rings is 2. The molecule has 110 valence electrons. The van der Waals surface area contributed by atoms with Crippen molar-refractivity contribution < 1.29 is 4.79 Å². The fourth-order valence-corrected chi connectivity index (χ4v) is 2.27. The predicted molar refractivity (Wildman–Crippen MR) is 87.7 cm³/mol. The summed E-state index contributed by atoms with van der Waals surface area (Å²) in [4.78, 5) is 12.2. The van der Waals surface area contributed by atoms with Gasteiger partial charge in [-0.15, -0.1) is 0 Å². The lowest BCUT2D eigenvalue weighted by Crippen LogP contribution is -2.27. The molecule has 1 atom stereocenters. The van der Waals surface area contributed by atoms with Gasteiger partial charge in [0.1, 0.15) is 0 Å². The highest BCUT2D eigenvalue weighted by molar-refractivity contribution is 5.94. The van der Waals surface area contributed by atoms with Gasteiger partial charge in [0.25, 0.3) is 5.91 Å². The molecule has 1 unspecified atom stereocenters. The van der Waals surface area contributed by atoms with Crippen molar-refractivity contribution in [3.05, 3.63) is 71.3 Å². The van der Waals surface area contributed by atoms with E-state index in [0.717, 1.165) is 5.56 Å². The Bertz CT molecular complexity index is 572. The number of amides is 1. The molecular weight excluding hydrogens is 258 g/mol. The van der Waals surface area contributed by atoms with Crippen molar-refractivity contribution in [2.75, 3.05) is 6.54 Å². The van der Waals surface area contributed by atoms with Crippen molar-refractivity contribution in [2.45, 2.75) is 32.6 Å². The minimum atomic E-state index is -0.00640. The second kappa shape index (κ2) is 7.07. The van der Waals surface area contributed by atoms with E-state index in [1.165, 1.54) is 11.1 Å². The summed E-state index contributed by atoms with van der Waals surface area (Å²) in [6.45, 7) is 7.07. The number of hydrogen-bond acceptors (Lipinski definition) is 1. The Balaban J connectivity index is 1.92. The van der Waals surface area contributed by atoms with E-state index in [4.69, 9.17) is 0 Å². The summed E-state index contributed by atoms with van der Waals surface area (Å²) in [7, 11) is 0. The highest BCUT2D eigenvalue weighted by atomic mass is 16.1. The van der Waals surface area contributed by atoms with E-state index in [1.807, 2.05) is 42.5 Å². The zero-order chi connectivity index (χ0) is 15.2. The van der Waals surface area contributed by atoms with E-state index >= 15 is 0 Å². The van der Waals surface area contributed by atoms with Gasteiger partial charge in [-0.25, -0.2) is 0 Å². The van der Waals surface area contributed by atoms with Crippen molar-refractivity contribution in [2.24, 2.45) is 0 Å². The average Bonchev–Trinajstić information content (AvgIpc) is 2.53. The first-order valence-corrected chi connectivity index (χ1v) is 7.51. The van der Waals surface area contributed by atoms with Crippen molar-refractivity contribution in [1.82, 2.24) is 5.32 Å². The second-order valence-corrected chi connectivity index (χ2v) is 5.80. The van der Waals surface area contributed by atoms with Crippen LogP contribution in [0, 0.1) is 0 Å². The fourth-order valence-electron chi connectivity index (χ4n) is 2.27. The topological polar surface area (TPSA) is 29.1 Å². The summed E-state index contributed by atoms with van der Waals surface area (Å²) in [6.07, 6.45) is 0. The second-order valence-electron chi connectivity index (χ2n) is 5.80. The minimum Gasteiger partial charge on any atom is -0.351 e. The summed E-state index contributed by atoms with van der Waals surface area (Å²) in [5, 5.41) is 3.01. The molecule has 1 amide bonds. The van der Waals surface area contributed by atoms with Crippen molar-refractivity contribution in [1.29, 1.82) is 0 Å². The van der Waals surface area contributed by atoms with Gasteiger partial charge in [-0.2, -0.15) is 0 Å². The lowest BCUT2D eigenvalue weighted by atomic mass is 10.0. The van der Waals surface area contributed by atoms with Gasteiger partial charge in [0.2, 0.25) is 0 Å². The van der Waals surface area contributed by atoms with Crippen LogP contribution in [0.15, 0.2) is 54.6 Å². The SMILES string of the molecule is CC(C)c1ccc(C(=O)NCC(C)c2ccccc2)cc1. The summed E-state index contributed by atoms with van der Waals surface area (Å²) in [5.41, 5.74) is 3.22. The zero-order valence-corrected chi connectivity index (χ0v) is 13.0. The number of nitrogens with one attached hydrogen (secondary N) is 1. The van der Waals surface area contributed by atoms with E-state index < -0.39 is 0 Å². The Labute approximate surface area is 127 Å². The van der Waals surface area contributed by atoms with Crippen LogP contribution >= 0.6 is 0 Å². The van der Waals surface area contributed by atoms with Gasteiger partial charge in [-0.3, -0.25) is 4.79 Å². The predicted octanol–water partition coefficient (Wildman–Crippen LogP) is 4.34. The van der Waals surface area contributed by atoms with Crippen molar-refractivity contribution in [3.8, 4) is 0 Å². The number of carbonyl (C=O) groups excluding carboxylic acids is 1. The molecule has 0 fully saturated rings. The summed E-state index contributed by atoms with van der Waals surface area (Å²) in [6, 6.07) is 18.1. The molecule has 0 heterocycles. The van der Waals surface area contributed by atoms with Gasteiger partial charge in [0.05, 0.1) is 0 Å². The molecule has 0 bridgehead atoms. The third-order valence-corrected chi connectivity index (χ3v) is 3.78. The van der Waals surface area contributed by atoms with Crippen molar-refractivity contribution >= 4 is 5.91 Å². The molecule has 0 saturated heterocycles. The quantitative estimate of drug-likeness (QED) is 0.867.